The van der Waals surface area contributed by atoms with E-state index < -0.39 is 22.9 Å². The van der Waals surface area contributed by atoms with Crippen LogP contribution in [-0.2, 0) is 12.5 Å². The van der Waals surface area contributed by atoms with Crippen LogP contribution in [0.2, 0.25) is 0 Å². The zero-order valence-corrected chi connectivity index (χ0v) is 11.7. The van der Waals surface area contributed by atoms with Crippen LogP contribution in [0.25, 0.3) is 10.6 Å². The van der Waals surface area contributed by atoms with Crippen LogP contribution in [0.15, 0.2) is 18.2 Å². The summed E-state index contributed by atoms with van der Waals surface area (Å²) in [5, 5.41) is 3.07. The van der Waals surface area contributed by atoms with Gasteiger partial charge in [-0.15, -0.1) is 24.5 Å². The monoisotopic (exact) mass is 328 g/mol. The maximum atomic E-state index is 12.7. The smallest absolute Gasteiger partial charge is 0.166 e. The molecule has 0 radical (unpaired) electrons. The van der Waals surface area contributed by atoms with Gasteiger partial charge in [-0.05, 0) is 24.1 Å². The van der Waals surface area contributed by atoms with Gasteiger partial charge in [-0.2, -0.15) is 23.0 Å². The molecule has 2 nitrogen and oxygen atoms in total. The quantitative estimate of drug-likeness (QED) is 0.690. The fraction of sp³-hybridized carbons (Fsp3) is 0.417. The number of hydrogen-bond donors (Lipinski definition) is 0. The Bertz CT molecular complexity index is 603. The topological polar surface area (TPSA) is 17.8 Å². The molecule has 0 atom stereocenters. The normalized spacial score (nSPS) is 13.2. The fourth-order valence-electron chi connectivity index (χ4n) is 1.70. The molecule has 116 valence electrons. The Kier molecular flexibility index (Phi) is 3.81. The summed E-state index contributed by atoms with van der Waals surface area (Å²) >= 11 is 1.13. The van der Waals surface area contributed by atoms with Crippen LogP contribution in [0, 0.1) is 0 Å². The largest absolute Gasteiger partial charge is 0.505 e. The maximum Gasteiger partial charge on any atom is 0.505 e. The summed E-state index contributed by atoms with van der Waals surface area (Å²) in [6, 6.07) is 3.57. The third-order valence-electron chi connectivity index (χ3n) is 2.69. The molecule has 2 heterocycles. The second-order valence-corrected chi connectivity index (χ2v) is 5.76. The van der Waals surface area contributed by atoms with Gasteiger partial charge in [-0.1, -0.05) is 13.8 Å². The van der Waals surface area contributed by atoms with Crippen molar-refractivity contribution in [2.75, 3.05) is 0 Å². The molecule has 0 amide bonds. The van der Waals surface area contributed by atoms with Crippen molar-refractivity contribution in [2.24, 2.45) is 0 Å². The SMILES string of the molecule is CC(C)c1ccc(-c2cc(C(F)(F)F)n(C(F)(F)F)n2)s1. The first kappa shape index (κ1) is 15.9. The summed E-state index contributed by atoms with van der Waals surface area (Å²) in [7, 11) is 0. The number of aromatic nitrogens is 2. The van der Waals surface area contributed by atoms with E-state index in [0.29, 0.717) is 6.07 Å². The van der Waals surface area contributed by atoms with Crippen molar-refractivity contribution in [1.82, 2.24) is 9.78 Å². The Morgan fingerprint density at radius 2 is 1.71 bits per heavy atom. The number of hydrogen-bond acceptors (Lipinski definition) is 2. The molecular formula is C12H10F6N2S. The standard InChI is InChI=1S/C12H10F6N2S/c1-6(2)8-3-4-9(21-8)7-5-10(11(13,14)15)20(19-7)12(16,17)18/h3-6H,1-2H3. The number of halogens is 6. The van der Waals surface area contributed by atoms with Crippen LogP contribution in [0.1, 0.15) is 30.3 Å². The van der Waals surface area contributed by atoms with E-state index in [2.05, 4.69) is 5.10 Å². The summed E-state index contributed by atoms with van der Waals surface area (Å²) in [5.41, 5.74) is -2.17. The first-order valence-electron chi connectivity index (χ1n) is 5.84. The minimum absolute atomic E-state index is 0.135. The lowest BCUT2D eigenvalue weighted by atomic mass is 10.2. The highest BCUT2D eigenvalue weighted by Crippen LogP contribution is 2.39. The number of thiophene rings is 1. The van der Waals surface area contributed by atoms with E-state index in [-0.39, 0.29) is 16.5 Å². The zero-order chi connectivity index (χ0) is 16.0. The van der Waals surface area contributed by atoms with Crippen molar-refractivity contribution < 1.29 is 26.3 Å². The second kappa shape index (κ2) is 5.04. The van der Waals surface area contributed by atoms with Crippen LogP contribution in [-0.4, -0.2) is 9.78 Å². The first-order valence-corrected chi connectivity index (χ1v) is 6.66. The van der Waals surface area contributed by atoms with E-state index in [0.717, 1.165) is 16.2 Å². The van der Waals surface area contributed by atoms with Gasteiger partial charge in [0.05, 0.1) is 4.88 Å². The minimum Gasteiger partial charge on any atom is -0.166 e. The molecule has 0 aliphatic carbocycles. The molecule has 0 bridgehead atoms. The predicted molar refractivity (Wildman–Crippen MR) is 65.9 cm³/mol. The summed E-state index contributed by atoms with van der Waals surface area (Å²) < 4.78 is 75.1. The van der Waals surface area contributed by atoms with Gasteiger partial charge in [0.1, 0.15) is 5.69 Å². The van der Waals surface area contributed by atoms with Crippen LogP contribution in [0.4, 0.5) is 26.3 Å². The average molecular weight is 328 g/mol. The van der Waals surface area contributed by atoms with Crippen molar-refractivity contribution in [3.05, 3.63) is 28.8 Å². The van der Waals surface area contributed by atoms with Gasteiger partial charge in [0, 0.05) is 4.88 Å². The average Bonchev–Trinajstić information content (AvgIpc) is 2.93. The molecule has 0 N–H and O–H groups in total. The summed E-state index contributed by atoms with van der Waals surface area (Å²) in [6.45, 7) is 3.76. The van der Waals surface area contributed by atoms with E-state index >= 15 is 0 Å². The Morgan fingerprint density at radius 1 is 1.10 bits per heavy atom. The van der Waals surface area contributed by atoms with Gasteiger partial charge in [0.25, 0.3) is 0 Å². The molecule has 0 saturated carbocycles. The highest BCUT2D eigenvalue weighted by molar-refractivity contribution is 7.15. The highest BCUT2D eigenvalue weighted by atomic mass is 32.1. The van der Waals surface area contributed by atoms with Gasteiger partial charge in [0.15, 0.2) is 5.69 Å². The molecule has 0 aliphatic heterocycles. The van der Waals surface area contributed by atoms with E-state index in [9.17, 15) is 26.3 Å². The molecule has 9 heteroatoms. The predicted octanol–water partition coefficient (Wildman–Crippen LogP) is 5.23. The van der Waals surface area contributed by atoms with Crippen LogP contribution in [0.3, 0.4) is 0 Å². The maximum absolute atomic E-state index is 12.7. The van der Waals surface area contributed by atoms with Crippen LogP contribution >= 0.6 is 11.3 Å². The van der Waals surface area contributed by atoms with E-state index in [1.807, 2.05) is 13.8 Å². The Labute approximate surface area is 120 Å². The molecule has 0 saturated heterocycles. The second-order valence-electron chi connectivity index (χ2n) is 4.65. The minimum atomic E-state index is -5.22. The van der Waals surface area contributed by atoms with Gasteiger partial charge in [-0.3, -0.25) is 0 Å². The molecule has 2 rings (SSSR count). The van der Waals surface area contributed by atoms with Crippen molar-refractivity contribution >= 4 is 11.3 Å². The highest BCUT2D eigenvalue weighted by Gasteiger charge is 2.44. The van der Waals surface area contributed by atoms with Crippen molar-refractivity contribution in [2.45, 2.75) is 32.2 Å². The van der Waals surface area contributed by atoms with Gasteiger partial charge in [0.2, 0.25) is 0 Å². The lowest BCUT2D eigenvalue weighted by molar-refractivity contribution is -0.229. The lowest BCUT2D eigenvalue weighted by Crippen LogP contribution is -2.25. The third-order valence-corrected chi connectivity index (χ3v) is 4.10. The molecular weight excluding hydrogens is 318 g/mol. The van der Waals surface area contributed by atoms with Crippen molar-refractivity contribution in [1.29, 1.82) is 0 Å². The van der Waals surface area contributed by atoms with E-state index in [1.54, 1.807) is 6.07 Å². The molecule has 2 aromatic heterocycles. The zero-order valence-electron chi connectivity index (χ0n) is 10.9. The van der Waals surface area contributed by atoms with Gasteiger partial charge < -0.3 is 0 Å². The summed E-state index contributed by atoms with van der Waals surface area (Å²) in [6.07, 6.45) is -10.3. The summed E-state index contributed by atoms with van der Waals surface area (Å²) in [5.74, 6) is 0.135. The molecule has 0 aliphatic rings. The number of alkyl halides is 6. The fourth-order valence-corrected chi connectivity index (χ4v) is 2.66. The molecule has 2 aromatic rings. The molecule has 0 fully saturated rings. The van der Waals surface area contributed by atoms with Gasteiger partial charge in [-0.25, -0.2) is 0 Å². The molecule has 0 aromatic carbocycles. The Morgan fingerprint density at radius 3 is 2.10 bits per heavy atom. The van der Waals surface area contributed by atoms with Crippen molar-refractivity contribution in [3.8, 4) is 10.6 Å². The Hall–Kier alpha value is -1.51. The number of rotatable bonds is 2. The van der Waals surface area contributed by atoms with Crippen LogP contribution < -0.4 is 0 Å². The Balaban J connectivity index is 2.53. The summed E-state index contributed by atoms with van der Waals surface area (Å²) in [4.78, 5) is 1.13. The third kappa shape index (κ3) is 3.22. The molecule has 0 spiro atoms. The van der Waals surface area contributed by atoms with Gasteiger partial charge >= 0.3 is 12.5 Å². The number of nitrogens with zero attached hydrogens (tertiary/aromatic N) is 2. The lowest BCUT2D eigenvalue weighted by Gasteiger charge is -2.12. The van der Waals surface area contributed by atoms with E-state index in [1.165, 1.54) is 6.07 Å². The molecule has 0 unspecified atom stereocenters. The van der Waals surface area contributed by atoms with Crippen molar-refractivity contribution in [3.63, 3.8) is 0 Å². The van der Waals surface area contributed by atoms with Crippen LogP contribution in [0.5, 0.6) is 0 Å². The van der Waals surface area contributed by atoms with E-state index in [4.69, 9.17) is 0 Å². The first-order chi connectivity index (χ1) is 9.50. The molecule has 21 heavy (non-hydrogen) atoms.